The van der Waals surface area contributed by atoms with Crippen molar-refractivity contribution >= 4 is 11.6 Å². The molecule has 0 aliphatic carbocycles. The molecule has 1 heterocycles. The molecule has 2 unspecified atom stereocenters. The zero-order valence-corrected chi connectivity index (χ0v) is 8.54. The quantitative estimate of drug-likeness (QED) is 0.662. The lowest BCUT2D eigenvalue weighted by Gasteiger charge is -2.11. The largest absolute Gasteiger partial charge is 0.276 e. The van der Waals surface area contributed by atoms with Gasteiger partial charge in [0.2, 0.25) is 0 Å². The third-order valence-corrected chi connectivity index (χ3v) is 2.51. The van der Waals surface area contributed by atoms with Gasteiger partial charge in [-0.25, -0.2) is 0 Å². The summed E-state index contributed by atoms with van der Waals surface area (Å²) in [7, 11) is 1.93. The minimum Gasteiger partial charge on any atom is -0.276 e. The van der Waals surface area contributed by atoms with Crippen molar-refractivity contribution in [1.82, 2.24) is 9.78 Å². The number of aryl methyl sites for hydroxylation is 1. The lowest BCUT2D eigenvalue weighted by Crippen LogP contribution is -2.10. The van der Waals surface area contributed by atoms with Crippen molar-refractivity contribution in [3.05, 3.63) is 18.0 Å². The summed E-state index contributed by atoms with van der Waals surface area (Å²) in [5.74, 6) is 0.488. The number of halogens is 1. The second-order valence-corrected chi connectivity index (χ2v) is 4.03. The Bertz CT molecular complexity index is 242. The first-order valence-corrected chi connectivity index (χ1v) is 4.66. The lowest BCUT2D eigenvalue weighted by atomic mass is 10.0. The number of rotatable bonds is 3. The van der Waals surface area contributed by atoms with Crippen LogP contribution in [0.5, 0.6) is 0 Å². The van der Waals surface area contributed by atoms with Gasteiger partial charge < -0.3 is 0 Å². The van der Waals surface area contributed by atoms with Crippen LogP contribution in [-0.4, -0.2) is 15.2 Å². The van der Waals surface area contributed by atoms with Crippen LogP contribution in [0, 0.1) is 5.92 Å². The molecule has 12 heavy (non-hydrogen) atoms. The fourth-order valence-corrected chi connectivity index (χ4v) is 1.15. The van der Waals surface area contributed by atoms with E-state index in [9.17, 15) is 0 Å². The number of hydrogen-bond donors (Lipinski definition) is 0. The van der Waals surface area contributed by atoms with Gasteiger partial charge in [-0.05, 0) is 25.3 Å². The van der Waals surface area contributed by atoms with Crippen LogP contribution in [-0.2, 0) is 13.5 Å². The van der Waals surface area contributed by atoms with E-state index in [0.29, 0.717) is 5.92 Å². The van der Waals surface area contributed by atoms with E-state index in [-0.39, 0.29) is 5.38 Å². The number of aromatic nitrogens is 2. The molecule has 0 aliphatic rings. The van der Waals surface area contributed by atoms with Gasteiger partial charge in [0.15, 0.2) is 0 Å². The maximum atomic E-state index is 5.95. The van der Waals surface area contributed by atoms with E-state index in [1.165, 1.54) is 0 Å². The molecule has 0 saturated carbocycles. The molecule has 0 amide bonds. The van der Waals surface area contributed by atoms with Gasteiger partial charge in [0.1, 0.15) is 0 Å². The van der Waals surface area contributed by atoms with Crippen molar-refractivity contribution in [3.63, 3.8) is 0 Å². The molecule has 0 aliphatic heterocycles. The molecule has 1 aromatic rings. The second-order valence-electron chi connectivity index (χ2n) is 3.34. The molecule has 68 valence electrons. The SMILES string of the molecule is CC(Cl)C(C)Cc1ccn(C)n1. The highest BCUT2D eigenvalue weighted by Crippen LogP contribution is 2.14. The first-order valence-electron chi connectivity index (χ1n) is 4.22. The highest BCUT2D eigenvalue weighted by molar-refractivity contribution is 6.20. The van der Waals surface area contributed by atoms with Gasteiger partial charge in [-0.15, -0.1) is 11.6 Å². The van der Waals surface area contributed by atoms with E-state index in [0.717, 1.165) is 12.1 Å². The van der Waals surface area contributed by atoms with Crippen molar-refractivity contribution in [2.24, 2.45) is 13.0 Å². The molecule has 0 aromatic carbocycles. The average Bonchev–Trinajstić information content (AvgIpc) is 2.35. The second kappa shape index (κ2) is 3.94. The van der Waals surface area contributed by atoms with Crippen LogP contribution in [0.25, 0.3) is 0 Å². The van der Waals surface area contributed by atoms with Gasteiger partial charge in [-0.2, -0.15) is 5.10 Å². The maximum absolute atomic E-state index is 5.95. The molecule has 3 heteroatoms. The van der Waals surface area contributed by atoms with E-state index in [1.807, 2.05) is 30.9 Å². The van der Waals surface area contributed by atoms with Gasteiger partial charge in [0.05, 0.1) is 5.69 Å². The summed E-state index contributed by atoms with van der Waals surface area (Å²) in [6.07, 6.45) is 2.92. The predicted octanol–water partition coefficient (Wildman–Crippen LogP) is 2.23. The van der Waals surface area contributed by atoms with Gasteiger partial charge in [-0.1, -0.05) is 6.92 Å². The van der Waals surface area contributed by atoms with Crippen LogP contribution in [0.2, 0.25) is 0 Å². The Morgan fingerprint density at radius 2 is 2.25 bits per heavy atom. The summed E-state index contributed by atoms with van der Waals surface area (Å²) in [6, 6.07) is 2.04. The van der Waals surface area contributed by atoms with Crippen LogP contribution in [0.1, 0.15) is 19.5 Å². The van der Waals surface area contributed by atoms with Crippen LogP contribution in [0.4, 0.5) is 0 Å². The molecule has 0 saturated heterocycles. The first-order chi connectivity index (χ1) is 5.59. The summed E-state index contributed by atoms with van der Waals surface area (Å²) in [6.45, 7) is 4.17. The molecule has 0 bridgehead atoms. The molecular formula is C9H15ClN2. The lowest BCUT2D eigenvalue weighted by molar-refractivity contribution is 0.554. The molecule has 0 N–H and O–H groups in total. The summed E-state index contributed by atoms with van der Waals surface area (Å²) in [4.78, 5) is 0. The van der Waals surface area contributed by atoms with Crippen molar-refractivity contribution in [3.8, 4) is 0 Å². The Hall–Kier alpha value is -0.500. The predicted molar refractivity (Wildman–Crippen MR) is 51.4 cm³/mol. The van der Waals surface area contributed by atoms with Crippen LogP contribution < -0.4 is 0 Å². The third-order valence-electron chi connectivity index (χ3n) is 2.08. The molecule has 2 atom stereocenters. The van der Waals surface area contributed by atoms with E-state index in [4.69, 9.17) is 11.6 Å². The Morgan fingerprint density at radius 3 is 2.67 bits per heavy atom. The molecule has 0 radical (unpaired) electrons. The summed E-state index contributed by atoms with van der Waals surface area (Å²) < 4.78 is 1.82. The third kappa shape index (κ3) is 2.52. The normalized spacial score (nSPS) is 16.0. The van der Waals surface area contributed by atoms with Crippen LogP contribution in [0.3, 0.4) is 0 Å². The summed E-state index contributed by atoms with van der Waals surface area (Å²) in [5, 5.41) is 4.51. The van der Waals surface area contributed by atoms with Crippen LogP contribution >= 0.6 is 11.6 Å². The maximum Gasteiger partial charge on any atom is 0.0627 e. The molecule has 0 spiro atoms. The summed E-state index contributed by atoms with van der Waals surface area (Å²) in [5.41, 5.74) is 1.12. The van der Waals surface area contributed by atoms with E-state index < -0.39 is 0 Å². The minimum atomic E-state index is 0.215. The van der Waals surface area contributed by atoms with Gasteiger partial charge >= 0.3 is 0 Å². The zero-order chi connectivity index (χ0) is 9.14. The van der Waals surface area contributed by atoms with E-state index in [1.54, 1.807) is 0 Å². The van der Waals surface area contributed by atoms with E-state index >= 15 is 0 Å². The van der Waals surface area contributed by atoms with Gasteiger partial charge in [0, 0.05) is 18.6 Å². The Kier molecular flexibility index (Phi) is 3.15. The molecular weight excluding hydrogens is 172 g/mol. The number of hydrogen-bond acceptors (Lipinski definition) is 1. The van der Waals surface area contributed by atoms with Crippen molar-refractivity contribution in [1.29, 1.82) is 0 Å². The Labute approximate surface area is 78.5 Å². The van der Waals surface area contributed by atoms with Crippen molar-refractivity contribution < 1.29 is 0 Å². The smallest absolute Gasteiger partial charge is 0.0627 e. The van der Waals surface area contributed by atoms with Crippen molar-refractivity contribution in [2.45, 2.75) is 25.6 Å². The number of alkyl halides is 1. The average molecular weight is 187 g/mol. The fourth-order valence-electron chi connectivity index (χ4n) is 1.06. The fraction of sp³-hybridized carbons (Fsp3) is 0.667. The Balaban J connectivity index is 2.52. The van der Waals surface area contributed by atoms with Crippen molar-refractivity contribution in [2.75, 3.05) is 0 Å². The highest BCUT2D eigenvalue weighted by atomic mass is 35.5. The summed E-state index contributed by atoms with van der Waals surface area (Å²) >= 11 is 5.95. The molecule has 0 fully saturated rings. The minimum absolute atomic E-state index is 0.215. The monoisotopic (exact) mass is 186 g/mol. The van der Waals surface area contributed by atoms with E-state index in [2.05, 4.69) is 12.0 Å². The zero-order valence-electron chi connectivity index (χ0n) is 7.79. The molecule has 2 nitrogen and oxygen atoms in total. The Morgan fingerprint density at radius 1 is 1.58 bits per heavy atom. The van der Waals surface area contributed by atoms with Gasteiger partial charge in [-0.3, -0.25) is 4.68 Å². The number of nitrogens with zero attached hydrogens (tertiary/aromatic N) is 2. The highest BCUT2D eigenvalue weighted by Gasteiger charge is 2.10. The topological polar surface area (TPSA) is 17.8 Å². The van der Waals surface area contributed by atoms with Gasteiger partial charge in [0.25, 0.3) is 0 Å². The van der Waals surface area contributed by atoms with Crippen LogP contribution in [0.15, 0.2) is 12.3 Å². The standard InChI is InChI=1S/C9H15ClN2/c1-7(8(2)10)6-9-4-5-12(3)11-9/h4-5,7-8H,6H2,1-3H3. The molecule has 1 aromatic heterocycles. The molecule has 1 rings (SSSR count). The first kappa shape index (κ1) is 9.59.